The maximum Gasteiger partial charge on any atom is 0.174 e. The van der Waals surface area contributed by atoms with E-state index < -0.39 is 0 Å². The molecule has 0 amide bonds. The summed E-state index contributed by atoms with van der Waals surface area (Å²) < 4.78 is 6.01. The molecule has 0 aliphatic carbocycles. The summed E-state index contributed by atoms with van der Waals surface area (Å²) in [4.78, 5) is 13.8. The third-order valence-electron chi connectivity index (χ3n) is 5.69. The van der Waals surface area contributed by atoms with Crippen LogP contribution in [0.15, 0.2) is 66.9 Å². The van der Waals surface area contributed by atoms with Gasteiger partial charge >= 0.3 is 0 Å². The van der Waals surface area contributed by atoms with Gasteiger partial charge in [0.2, 0.25) is 0 Å². The molecule has 9 nitrogen and oxygen atoms in total. The smallest absolute Gasteiger partial charge is 0.174 e. The second-order valence-corrected chi connectivity index (χ2v) is 8.31. The Balaban J connectivity index is 1.53. The van der Waals surface area contributed by atoms with E-state index in [1.54, 1.807) is 30.5 Å². The van der Waals surface area contributed by atoms with Crippen LogP contribution in [0, 0.1) is 6.92 Å². The standard InChI is InChI=1S/C26H25N7O2/c1-15-23-26(33-32-15)29-13-20(30-23)19-12-22(35-14-17(27)11-16-7-3-2-4-8-16)25(28)31-24(19)18-9-5-6-10-21(18)34/h2-10,12-13,17,34H,11,14,27H2,1H3,(H2,28,31)(H,29,32,33)/t17-/m1/s1. The Hall–Kier alpha value is -4.50. The lowest BCUT2D eigenvalue weighted by molar-refractivity contribution is 0.288. The van der Waals surface area contributed by atoms with Crippen LogP contribution in [0.5, 0.6) is 11.5 Å². The van der Waals surface area contributed by atoms with Crippen molar-refractivity contribution in [3.8, 4) is 34.0 Å². The van der Waals surface area contributed by atoms with E-state index in [4.69, 9.17) is 21.2 Å². The molecule has 35 heavy (non-hydrogen) atoms. The summed E-state index contributed by atoms with van der Waals surface area (Å²) in [5, 5.41) is 17.5. The number of aryl methyl sites for hydroxylation is 1. The molecular formula is C26H25N7O2. The van der Waals surface area contributed by atoms with Crippen LogP contribution < -0.4 is 16.2 Å². The lowest BCUT2D eigenvalue weighted by atomic mass is 10.0. The summed E-state index contributed by atoms with van der Waals surface area (Å²) in [7, 11) is 0. The molecule has 0 unspecified atom stereocenters. The fourth-order valence-corrected chi connectivity index (χ4v) is 3.91. The van der Waals surface area contributed by atoms with Gasteiger partial charge < -0.3 is 21.3 Å². The van der Waals surface area contributed by atoms with Gasteiger partial charge in [0.05, 0.1) is 23.3 Å². The summed E-state index contributed by atoms with van der Waals surface area (Å²) in [6.45, 7) is 2.10. The van der Waals surface area contributed by atoms with Gasteiger partial charge in [-0.15, -0.1) is 0 Å². The molecule has 0 saturated heterocycles. The zero-order valence-electron chi connectivity index (χ0n) is 19.1. The number of nitrogen functional groups attached to an aromatic ring is 1. The van der Waals surface area contributed by atoms with Gasteiger partial charge in [0.15, 0.2) is 17.2 Å². The number of hydrogen-bond donors (Lipinski definition) is 4. The van der Waals surface area contributed by atoms with Crippen molar-refractivity contribution in [1.82, 2.24) is 25.1 Å². The Bertz CT molecular complexity index is 1480. The Morgan fingerprint density at radius 2 is 1.80 bits per heavy atom. The van der Waals surface area contributed by atoms with Crippen LogP contribution in [0.4, 0.5) is 5.82 Å². The van der Waals surface area contributed by atoms with Gasteiger partial charge in [0.25, 0.3) is 0 Å². The number of rotatable bonds is 7. The number of phenolic OH excluding ortho intramolecular Hbond substituents is 1. The van der Waals surface area contributed by atoms with Crippen LogP contribution in [-0.4, -0.2) is 42.9 Å². The van der Waals surface area contributed by atoms with Crippen LogP contribution in [0.2, 0.25) is 0 Å². The van der Waals surface area contributed by atoms with E-state index in [0.717, 1.165) is 11.3 Å². The number of aromatic amines is 1. The minimum atomic E-state index is -0.234. The number of nitrogens with zero attached hydrogens (tertiary/aromatic N) is 4. The van der Waals surface area contributed by atoms with Gasteiger partial charge in [-0.3, -0.25) is 5.10 Å². The summed E-state index contributed by atoms with van der Waals surface area (Å²) in [5.74, 6) is 0.647. The Kier molecular flexibility index (Phi) is 5.99. The maximum absolute atomic E-state index is 10.5. The number of phenols is 1. The zero-order chi connectivity index (χ0) is 24.4. The first-order chi connectivity index (χ1) is 17.0. The molecule has 176 valence electrons. The summed E-state index contributed by atoms with van der Waals surface area (Å²) in [5.41, 5.74) is 17.8. The first kappa shape index (κ1) is 22.3. The van der Waals surface area contributed by atoms with Crippen LogP contribution in [0.1, 0.15) is 11.3 Å². The van der Waals surface area contributed by atoms with Gasteiger partial charge in [-0.05, 0) is 37.1 Å². The molecule has 0 aliphatic rings. The van der Waals surface area contributed by atoms with E-state index in [-0.39, 0.29) is 24.2 Å². The molecular weight excluding hydrogens is 442 g/mol. The monoisotopic (exact) mass is 467 g/mol. The average molecular weight is 468 g/mol. The summed E-state index contributed by atoms with van der Waals surface area (Å²) in [6.07, 6.45) is 2.29. The van der Waals surface area contributed by atoms with E-state index in [2.05, 4.69) is 20.2 Å². The lowest BCUT2D eigenvalue weighted by Crippen LogP contribution is -2.30. The van der Waals surface area contributed by atoms with Gasteiger partial charge in [0.1, 0.15) is 17.9 Å². The molecule has 5 aromatic rings. The topological polar surface area (TPSA) is 149 Å². The largest absolute Gasteiger partial charge is 0.507 e. The van der Waals surface area contributed by atoms with Crippen molar-refractivity contribution in [2.75, 3.05) is 12.3 Å². The van der Waals surface area contributed by atoms with Crippen molar-refractivity contribution in [3.63, 3.8) is 0 Å². The van der Waals surface area contributed by atoms with Crippen molar-refractivity contribution < 1.29 is 9.84 Å². The van der Waals surface area contributed by atoms with E-state index in [9.17, 15) is 5.11 Å². The SMILES string of the molecule is Cc1n[nH]c2ncc(-c3cc(OC[C@H](N)Cc4ccccc4)c(N)nc3-c3ccccc3O)nc12. The molecule has 0 saturated carbocycles. The zero-order valence-corrected chi connectivity index (χ0v) is 19.1. The second-order valence-electron chi connectivity index (χ2n) is 8.31. The fourth-order valence-electron chi connectivity index (χ4n) is 3.91. The normalized spacial score (nSPS) is 12.1. The summed E-state index contributed by atoms with van der Waals surface area (Å²) in [6, 6.07) is 18.5. The van der Waals surface area contributed by atoms with Crippen molar-refractivity contribution in [2.45, 2.75) is 19.4 Å². The van der Waals surface area contributed by atoms with E-state index in [1.165, 1.54) is 0 Å². The molecule has 3 heterocycles. The van der Waals surface area contributed by atoms with Crippen LogP contribution in [0.3, 0.4) is 0 Å². The highest BCUT2D eigenvalue weighted by Gasteiger charge is 2.19. The van der Waals surface area contributed by atoms with Gasteiger partial charge in [-0.2, -0.15) is 5.10 Å². The molecule has 0 aliphatic heterocycles. The number of anilines is 1. The Morgan fingerprint density at radius 1 is 1.03 bits per heavy atom. The van der Waals surface area contributed by atoms with Crippen molar-refractivity contribution in [2.24, 2.45) is 5.73 Å². The molecule has 2 aromatic carbocycles. The maximum atomic E-state index is 10.5. The van der Waals surface area contributed by atoms with Crippen LogP contribution in [0.25, 0.3) is 33.7 Å². The summed E-state index contributed by atoms with van der Waals surface area (Å²) >= 11 is 0. The fraction of sp³-hybridized carbons (Fsp3) is 0.154. The number of aromatic nitrogens is 5. The van der Waals surface area contributed by atoms with E-state index in [1.807, 2.05) is 43.3 Å². The predicted octanol–water partition coefficient (Wildman–Crippen LogP) is 3.63. The highest BCUT2D eigenvalue weighted by Crippen LogP contribution is 2.39. The van der Waals surface area contributed by atoms with E-state index in [0.29, 0.717) is 45.8 Å². The number of para-hydroxylation sites is 1. The Morgan fingerprint density at radius 3 is 2.60 bits per heavy atom. The number of benzene rings is 2. The molecule has 1 atom stereocenters. The highest BCUT2D eigenvalue weighted by atomic mass is 16.5. The minimum Gasteiger partial charge on any atom is -0.507 e. The third kappa shape index (κ3) is 4.62. The molecule has 0 bridgehead atoms. The number of H-pyrrole nitrogens is 1. The predicted molar refractivity (Wildman–Crippen MR) is 135 cm³/mol. The number of nitrogens with two attached hydrogens (primary N) is 2. The van der Waals surface area contributed by atoms with Crippen molar-refractivity contribution in [1.29, 1.82) is 0 Å². The van der Waals surface area contributed by atoms with Crippen LogP contribution in [-0.2, 0) is 6.42 Å². The van der Waals surface area contributed by atoms with Crippen molar-refractivity contribution in [3.05, 3.63) is 78.1 Å². The molecule has 0 radical (unpaired) electrons. The number of pyridine rings is 1. The first-order valence-electron chi connectivity index (χ1n) is 11.2. The number of ether oxygens (including phenoxy) is 1. The van der Waals surface area contributed by atoms with Gasteiger partial charge in [0, 0.05) is 17.2 Å². The van der Waals surface area contributed by atoms with Gasteiger partial charge in [-0.25, -0.2) is 15.0 Å². The highest BCUT2D eigenvalue weighted by molar-refractivity contribution is 5.86. The molecule has 6 N–H and O–H groups in total. The van der Waals surface area contributed by atoms with E-state index >= 15 is 0 Å². The minimum absolute atomic E-state index is 0.0766. The molecule has 9 heteroatoms. The number of hydrogen-bond acceptors (Lipinski definition) is 8. The second kappa shape index (κ2) is 9.40. The quantitative estimate of drug-likeness (QED) is 0.283. The lowest BCUT2D eigenvalue weighted by Gasteiger charge is -2.17. The molecule has 5 rings (SSSR count). The molecule has 0 spiro atoms. The molecule has 0 fully saturated rings. The van der Waals surface area contributed by atoms with Crippen molar-refractivity contribution >= 4 is 17.0 Å². The number of aromatic hydroxyl groups is 1. The average Bonchev–Trinajstić information content (AvgIpc) is 3.24. The first-order valence-corrected chi connectivity index (χ1v) is 11.2. The number of nitrogens with one attached hydrogen (secondary N) is 1. The van der Waals surface area contributed by atoms with Crippen LogP contribution >= 0.6 is 0 Å². The van der Waals surface area contributed by atoms with Gasteiger partial charge in [-0.1, -0.05) is 42.5 Å². The Labute approximate surface area is 201 Å². The third-order valence-corrected chi connectivity index (χ3v) is 5.69. The number of fused-ring (bicyclic) bond motifs is 1. The molecule has 3 aromatic heterocycles.